The number of benzene rings is 2. The van der Waals surface area contributed by atoms with E-state index in [1.165, 1.54) is 26.2 Å². The van der Waals surface area contributed by atoms with E-state index in [4.69, 9.17) is 37.4 Å². The Morgan fingerprint density at radius 1 is 0.917 bits per heavy atom. The predicted octanol–water partition coefficient (Wildman–Crippen LogP) is 4.61. The maximum Gasteiger partial charge on any atom is 0.163 e. The monoisotopic (exact) mass is 372 g/mol. The first-order valence-electron chi connectivity index (χ1n) is 6.79. The van der Waals surface area contributed by atoms with Crippen LogP contribution in [0.1, 0.15) is 17.3 Å². The first-order chi connectivity index (χ1) is 11.3. The number of ketones is 1. The standard InChI is InChI=1S/C9H9ClO3.C8H9ClO2/c1-5(11)6-3-9(13-2)7(10)4-8(6)12;1-10-6-3-4-8(11-2)7(9)5-6/h3-4,12H,1-2H3;3-5H,1-2H3. The smallest absolute Gasteiger partial charge is 0.163 e. The Kier molecular flexibility index (Phi) is 7.68. The Labute approximate surface area is 150 Å². The van der Waals surface area contributed by atoms with Crippen LogP contribution in [0, 0.1) is 0 Å². The van der Waals surface area contributed by atoms with Crippen molar-refractivity contribution in [1.29, 1.82) is 0 Å². The van der Waals surface area contributed by atoms with Crippen molar-refractivity contribution in [2.24, 2.45) is 0 Å². The molecule has 0 unspecified atom stereocenters. The number of aromatic hydroxyl groups is 1. The molecule has 0 fully saturated rings. The maximum absolute atomic E-state index is 11.0. The summed E-state index contributed by atoms with van der Waals surface area (Å²) in [5.74, 6) is 1.42. The molecule has 0 atom stereocenters. The molecule has 0 amide bonds. The molecule has 2 aromatic rings. The molecule has 0 aliphatic rings. The minimum absolute atomic E-state index is 0.127. The zero-order valence-corrected chi connectivity index (χ0v) is 15.2. The normalized spacial score (nSPS) is 9.58. The van der Waals surface area contributed by atoms with Gasteiger partial charge in [0, 0.05) is 12.1 Å². The molecule has 24 heavy (non-hydrogen) atoms. The Hall–Kier alpha value is -2.11. The van der Waals surface area contributed by atoms with Crippen LogP contribution in [0.5, 0.6) is 23.0 Å². The zero-order valence-electron chi connectivity index (χ0n) is 13.7. The molecule has 0 bridgehead atoms. The van der Waals surface area contributed by atoms with E-state index < -0.39 is 0 Å². The fraction of sp³-hybridized carbons (Fsp3) is 0.235. The highest BCUT2D eigenvalue weighted by atomic mass is 35.5. The lowest BCUT2D eigenvalue weighted by molar-refractivity contribution is 0.101. The third-order valence-corrected chi connectivity index (χ3v) is 3.60. The first-order valence-corrected chi connectivity index (χ1v) is 7.54. The van der Waals surface area contributed by atoms with Crippen molar-refractivity contribution in [2.45, 2.75) is 6.92 Å². The molecule has 0 radical (unpaired) electrons. The molecule has 2 aromatic carbocycles. The molecular formula is C17H18Cl2O5. The van der Waals surface area contributed by atoms with Gasteiger partial charge in [0.2, 0.25) is 0 Å². The predicted molar refractivity (Wildman–Crippen MR) is 94.2 cm³/mol. The van der Waals surface area contributed by atoms with Crippen LogP contribution in [0.25, 0.3) is 0 Å². The lowest BCUT2D eigenvalue weighted by Gasteiger charge is -2.06. The van der Waals surface area contributed by atoms with Crippen molar-refractivity contribution < 1.29 is 24.1 Å². The molecule has 0 spiro atoms. The maximum atomic E-state index is 11.0. The van der Waals surface area contributed by atoms with Gasteiger partial charge in [0.25, 0.3) is 0 Å². The molecule has 0 saturated heterocycles. The van der Waals surface area contributed by atoms with Gasteiger partial charge in [-0.2, -0.15) is 0 Å². The number of ether oxygens (including phenoxy) is 3. The van der Waals surface area contributed by atoms with E-state index >= 15 is 0 Å². The summed E-state index contributed by atoms with van der Waals surface area (Å²) in [5, 5.41) is 10.2. The Morgan fingerprint density at radius 3 is 1.96 bits per heavy atom. The number of phenolic OH excluding ortho intramolecular Hbond substituents is 1. The van der Waals surface area contributed by atoms with E-state index in [0.29, 0.717) is 16.5 Å². The number of halogens is 2. The van der Waals surface area contributed by atoms with Gasteiger partial charge in [0.15, 0.2) is 5.78 Å². The van der Waals surface area contributed by atoms with E-state index in [1.54, 1.807) is 32.4 Å². The summed E-state index contributed by atoms with van der Waals surface area (Å²) in [4.78, 5) is 11.0. The molecule has 0 aromatic heterocycles. The molecule has 130 valence electrons. The molecule has 0 saturated carbocycles. The summed E-state index contributed by atoms with van der Waals surface area (Å²) in [5.41, 5.74) is 0.209. The minimum atomic E-state index is -0.229. The fourth-order valence-corrected chi connectivity index (χ4v) is 2.24. The molecule has 5 nitrogen and oxygen atoms in total. The van der Waals surface area contributed by atoms with E-state index in [0.717, 1.165) is 5.75 Å². The fourth-order valence-electron chi connectivity index (χ4n) is 1.76. The second kappa shape index (κ2) is 9.25. The molecule has 7 heteroatoms. The molecule has 0 aliphatic carbocycles. The number of carbonyl (C=O) groups is 1. The molecule has 1 N–H and O–H groups in total. The number of Topliss-reactive ketones (excluding diaryl/α,β-unsaturated/α-hetero) is 1. The highest BCUT2D eigenvalue weighted by Crippen LogP contribution is 2.31. The quantitative estimate of drug-likeness (QED) is 0.793. The van der Waals surface area contributed by atoms with Gasteiger partial charge in [0.05, 0.1) is 36.9 Å². The highest BCUT2D eigenvalue weighted by Gasteiger charge is 2.11. The van der Waals surface area contributed by atoms with Crippen molar-refractivity contribution in [3.8, 4) is 23.0 Å². The summed E-state index contributed by atoms with van der Waals surface area (Å²) in [6.45, 7) is 1.36. The number of methoxy groups -OCH3 is 3. The van der Waals surface area contributed by atoms with Gasteiger partial charge in [-0.05, 0) is 25.1 Å². The van der Waals surface area contributed by atoms with Crippen LogP contribution in [0.2, 0.25) is 10.0 Å². The van der Waals surface area contributed by atoms with Gasteiger partial charge in [-0.25, -0.2) is 0 Å². The first kappa shape index (κ1) is 19.9. The Bertz CT molecular complexity index is 716. The lowest BCUT2D eigenvalue weighted by Crippen LogP contribution is -1.94. The molecule has 0 heterocycles. The average Bonchev–Trinajstić information content (AvgIpc) is 2.55. The van der Waals surface area contributed by atoms with Gasteiger partial charge in [-0.15, -0.1) is 0 Å². The minimum Gasteiger partial charge on any atom is -0.507 e. The lowest BCUT2D eigenvalue weighted by atomic mass is 10.1. The van der Waals surface area contributed by atoms with Gasteiger partial charge in [-0.1, -0.05) is 23.2 Å². The highest BCUT2D eigenvalue weighted by molar-refractivity contribution is 6.32. The topological polar surface area (TPSA) is 65.0 Å². The van der Waals surface area contributed by atoms with Gasteiger partial charge < -0.3 is 19.3 Å². The van der Waals surface area contributed by atoms with Crippen LogP contribution >= 0.6 is 23.2 Å². The van der Waals surface area contributed by atoms with Crippen molar-refractivity contribution in [3.05, 3.63) is 45.9 Å². The van der Waals surface area contributed by atoms with Crippen LogP contribution in [-0.2, 0) is 0 Å². The molecule has 2 rings (SSSR count). The van der Waals surface area contributed by atoms with Crippen LogP contribution in [0.3, 0.4) is 0 Å². The molecule has 0 aliphatic heterocycles. The second-order valence-corrected chi connectivity index (χ2v) is 5.37. The third kappa shape index (κ3) is 5.22. The summed E-state index contributed by atoms with van der Waals surface area (Å²) in [6.07, 6.45) is 0. The number of hydrogen-bond acceptors (Lipinski definition) is 5. The summed E-state index contributed by atoms with van der Waals surface area (Å²) in [6, 6.07) is 7.98. The van der Waals surface area contributed by atoms with Crippen LogP contribution in [0.15, 0.2) is 30.3 Å². The third-order valence-electron chi connectivity index (χ3n) is 3.01. The van der Waals surface area contributed by atoms with E-state index in [-0.39, 0.29) is 22.1 Å². The summed E-state index contributed by atoms with van der Waals surface area (Å²) < 4.78 is 14.8. The zero-order chi connectivity index (χ0) is 18.3. The Balaban J connectivity index is 0.000000243. The number of rotatable bonds is 4. The van der Waals surface area contributed by atoms with Crippen molar-refractivity contribution in [2.75, 3.05) is 21.3 Å². The van der Waals surface area contributed by atoms with E-state index in [9.17, 15) is 9.90 Å². The summed E-state index contributed by atoms with van der Waals surface area (Å²) in [7, 11) is 4.62. The molecular weight excluding hydrogens is 355 g/mol. The second-order valence-electron chi connectivity index (χ2n) is 4.56. The number of phenols is 1. The van der Waals surface area contributed by atoms with E-state index in [1.807, 2.05) is 0 Å². The van der Waals surface area contributed by atoms with Crippen molar-refractivity contribution in [3.63, 3.8) is 0 Å². The largest absolute Gasteiger partial charge is 0.507 e. The summed E-state index contributed by atoms with van der Waals surface area (Å²) >= 11 is 11.5. The van der Waals surface area contributed by atoms with Gasteiger partial charge in [-0.3, -0.25) is 4.79 Å². The number of hydrogen-bond donors (Lipinski definition) is 1. The number of carbonyl (C=O) groups excluding carboxylic acids is 1. The van der Waals surface area contributed by atoms with E-state index in [2.05, 4.69) is 0 Å². The van der Waals surface area contributed by atoms with Crippen LogP contribution < -0.4 is 14.2 Å². The van der Waals surface area contributed by atoms with Gasteiger partial charge in [0.1, 0.15) is 23.0 Å². The van der Waals surface area contributed by atoms with Gasteiger partial charge >= 0.3 is 0 Å². The van der Waals surface area contributed by atoms with Crippen molar-refractivity contribution >= 4 is 29.0 Å². The average molecular weight is 373 g/mol. The SMILES string of the molecule is COc1cc(C(C)=O)c(O)cc1Cl.COc1ccc(OC)c(Cl)c1. The van der Waals surface area contributed by atoms with Crippen LogP contribution in [0.4, 0.5) is 0 Å². The van der Waals surface area contributed by atoms with Crippen molar-refractivity contribution in [1.82, 2.24) is 0 Å². The Morgan fingerprint density at radius 2 is 1.50 bits per heavy atom. The van der Waals surface area contributed by atoms with Crippen LogP contribution in [-0.4, -0.2) is 32.2 Å².